The van der Waals surface area contributed by atoms with Gasteiger partial charge in [0, 0.05) is 0 Å². The molecule has 0 aliphatic heterocycles. The zero-order chi connectivity index (χ0) is 10.8. The molecule has 6 heteroatoms. The van der Waals surface area contributed by atoms with Crippen LogP contribution in [0.1, 0.15) is 5.56 Å². The summed E-state index contributed by atoms with van der Waals surface area (Å²) in [5, 5.41) is 8.47. The fourth-order valence-corrected chi connectivity index (χ4v) is 1.40. The van der Waals surface area contributed by atoms with Gasteiger partial charge in [0.1, 0.15) is 5.75 Å². The van der Waals surface area contributed by atoms with E-state index < -0.39 is 6.36 Å². The average molecular weight is 313 g/mol. The van der Waals surface area contributed by atoms with E-state index >= 15 is 0 Å². The highest BCUT2D eigenvalue weighted by atomic mass is 127. The van der Waals surface area contributed by atoms with Crippen molar-refractivity contribution in [3.63, 3.8) is 0 Å². The van der Waals surface area contributed by atoms with Crippen molar-refractivity contribution in [1.82, 2.24) is 0 Å². The molecule has 0 unspecified atom stereocenters. The molecular weight excluding hydrogens is 310 g/mol. The number of rotatable bonds is 1. The molecule has 1 aromatic rings. The van der Waals surface area contributed by atoms with Crippen LogP contribution in [-0.2, 0) is 0 Å². The maximum atomic E-state index is 11.8. The molecule has 0 aliphatic carbocycles. The Morgan fingerprint density at radius 2 is 2.00 bits per heavy atom. The molecule has 0 amide bonds. The lowest BCUT2D eigenvalue weighted by Crippen LogP contribution is -2.17. The first kappa shape index (κ1) is 11.1. The number of hydrogen-bond acceptors (Lipinski definition) is 2. The Kier molecular flexibility index (Phi) is 3.21. The molecule has 2 nitrogen and oxygen atoms in total. The number of alkyl halides is 3. The third kappa shape index (κ3) is 3.06. The van der Waals surface area contributed by atoms with Gasteiger partial charge < -0.3 is 4.74 Å². The quantitative estimate of drug-likeness (QED) is 0.747. The van der Waals surface area contributed by atoms with E-state index in [-0.39, 0.29) is 9.32 Å². The Balaban J connectivity index is 2.97. The molecule has 0 saturated heterocycles. The molecule has 0 aromatic heterocycles. The van der Waals surface area contributed by atoms with Gasteiger partial charge in [-0.1, -0.05) is 0 Å². The van der Waals surface area contributed by atoms with Gasteiger partial charge >= 0.3 is 6.36 Å². The molecule has 0 N–H and O–H groups in total. The number of nitriles is 1. The fraction of sp³-hybridized carbons (Fsp3) is 0.125. The minimum atomic E-state index is -4.70. The Labute approximate surface area is 91.4 Å². The van der Waals surface area contributed by atoms with Crippen molar-refractivity contribution >= 4 is 22.6 Å². The highest BCUT2D eigenvalue weighted by Crippen LogP contribution is 2.27. The van der Waals surface area contributed by atoms with Gasteiger partial charge in [-0.3, -0.25) is 0 Å². The topological polar surface area (TPSA) is 33.0 Å². The van der Waals surface area contributed by atoms with Gasteiger partial charge in [0.15, 0.2) is 0 Å². The summed E-state index contributed by atoms with van der Waals surface area (Å²) in [6.07, 6.45) is -4.70. The molecule has 0 radical (unpaired) electrons. The molecular formula is C8H3F3INO. The van der Waals surface area contributed by atoms with Crippen LogP contribution >= 0.6 is 22.6 Å². The van der Waals surface area contributed by atoms with E-state index in [0.717, 1.165) is 6.07 Å². The zero-order valence-corrected chi connectivity index (χ0v) is 8.76. The van der Waals surface area contributed by atoms with Crippen LogP contribution in [0.4, 0.5) is 13.2 Å². The zero-order valence-electron chi connectivity index (χ0n) is 6.60. The van der Waals surface area contributed by atoms with Crippen molar-refractivity contribution in [1.29, 1.82) is 5.26 Å². The van der Waals surface area contributed by atoms with Crippen molar-refractivity contribution < 1.29 is 17.9 Å². The molecule has 1 aromatic carbocycles. The number of nitrogens with zero attached hydrogens (tertiary/aromatic N) is 1. The van der Waals surface area contributed by atoms with E-state index in [1.165, 1.54) is 12.1 Å². The van der Waals surface area contributed by atoms with Crippen molar-refractivity contribution in [3.8, 4) is 11.8 Å². The van der Waals surface area contributed by atoms with Crippen molar-refractivity contribution in [2.75, 3.05) is 0 Å². The van der Waals surface area contributed by atoms with Crippen LogP contribution in [-0.4, -0.2) is 6.36 Å². The lowest BCUT2D eigenvalue weighted by atomic mass is 10.2. The van der Waals surface area contributed by atoms with Crippen LogP contribution in [0.5, 0.6) is 5.75 Å². The monoisotopic (exact) mass is 313 g/mol. The number of hydrogen-bond donors (Lipinski definition) is 0. The second-order valence-corrected chi connectivity index (χ2v) is 3.47. The third-order valence-electron chi connectivity index (χ3n) is 1.29. The summed E-state index contributed by atoms with van der Waals surface area (Å²) in [7, 11) is 0. The lowest BCUT2D eigenvalue weighted by Gasteiger charge is -2.10. The molecule has 0 fully saturated rings. The van der Waals surface area contributed by atoms with Crippen LogP contribution in [0, 0.1) is 14.9 Å². The number of ether oxygens (including phenoxy) is 1. The minimum Gasteiger partial charge on any atom is -0.405 e. The molecule has 1 rings (SSSR count). The van der Waals surface area contributed by atoms with Gasteiger partial charge in [-0.05, 0) is 40.8 Å². The summed E-state index contributed by atoms with van der Waals surface area (Å²) in [5.74, 6) is -0.294. The van der Waals surface area contributed by atoms with Gasteiger partial charge in [0.05, 0.1) is 15.2 Å². The first-order valence-electron chi connectivity index (χ1n) is 3.38. The van der Waals surface area contributed by atoms with Crippen LogP contribution in [0.25, 0.3) is 0 Å². The smallest absolute Gasteiger partial charge is 0.405 e. The lowest BCUT2D eigenvalue weighted by molar-refractivity contribution is -0.274. The maximum Gasteiger partial charge on any atom is 0.573 e. The van der Waals surface area contributed by atoms with Crippen LogP contribution in [0.15, 0.2) is 18.2 Å². The average Bonchev–Trinajstić information content (AvgIpc) is 2.06. The second-order valence-electron chi connectivity index (χ2n) is 2.30. The van der Waals surface area contributed by atoms with Gasteiger partial charge in [0.25, 0.3) is 0 Å². The number of halogens is 4. The van der Waals surface area contributed by atoms with Gasteiger partial charge in [-0.2, -0.15) is 5.26 Å². The van der Waals surface area contributed by atoms with E-state index in [2.05, 4.69) is 4.74 Å². The summed E-state index contributed by atoms with van der Waals surface area (Å²) in [6.45, 7) is 0. The summed E-state index contributed by atoms with van der Waals surface area (Å²) in [4.78, 5) is 0. The van der Waals surface area contributed by atoms with E-state index in [4.69, 9.17) is 5.26 Å². The third-order valence-corrected chi connectivity index (χ3v) is 2.13. The molecule has 14 heavy (non-hydrogen) atoms. The fourth-order valence-electron chi connectivity index (χ4n) is 0.778. The first-order valence-corrected chi connectivity index (χ1v) is 4.45. The first-order chi connectivity index (χ1) is 6.42. The SMILES string of the molecule is N#Cc1ccc(OC(F)(F)F)c(I)c1. The van der Waals surface area contributed by atoms with Gasteiger partial charge in [-0.25, -0.2) is 0 Å². The summed E-state index contributed by atoms with van der Waals surface area (Å²) in [6, 6.07) is 5.52. The van der Waals surface area contributed by atoms with Crippen LogP contribution in [0.3, 0.4) is 0 Å². The Morgan fingerprint density at radius 3 is 2.43 bits per heavy atom. The predicted molar refractivity (Wildman–Crippen MR) is 50.6 cm³/mol. The van der Waals surface area contributed by atoms with E-state index in [9.17, 15) is 13.2 Å². The Morgan fingerprint density at radius 1 is 1.36 bits per heavy atom. The van der Waals surface area contributed by atoms with Crippen LogP contribution in [0.2, 0.25) is 0 Å². The van der Waals surface area contributed by atoms with Crippen molar-refractivity contribution in [2.45, 2.75) is 6.36 Å². The maximum absolute atomic E-state index is 11.8. The molecule has 0 atom stereocenters. The number of benzene rings is 1. The van der Waals surface area contributed by atoms with Gasteiger partial charge in [-0.15, -0.1) is 13.2 Å². The molecule has 0 bridgehead atoms. The molecule has 0 heterocycles. The van der Waals surface area contributed by atoms with Crippen LogP contribution < -0.4 is 4.74 Å². The molecule has 0 saturated carbocycles. The summed E-state index contributed by atoms with van der Waals surface area (Å²) in [5.41, 5.74) is 0.295. The second kappa shape index (κ2) is 4.04. The molecule has 0 spiro atoms. The Bertz CT molecular complexity index is 383. The van der Waals surface area contributed by atoms with Crippen molar-refractivity contribution in [3.05, 3.63) is 27.3 Å². The largest absolute Gasteiger partial charge is 0.573 e. The highest BCUT2D eigenvalue weighted by molar-refractivity contribution is 14.1. The highest BCUT2D eigenvalue weighted by Gasteiger charge is 2.31. The molecule has 74 valence electrons. The van der Waals surface area contributed by atoms with E-state index in [0.29, 0.717) is 5.56 Å². The standard InChI is InChI=1S/C8H3F3INO/c9-8(10,11)14-7-2-1-5(4-13)3-6(7)12/h1-3H. The summed E-state index contributed by atoms with van der Waals surface area (Å²) >= 11 is 1.67. The van der Waals surface area contributed by atoms with Crippen molar-refractivity contribution in [2.24, 2.45) is 0 Å². The normalized spacial score (nSPS) is 10.8. The minimum absolute atomic E-state index is 0.249. The predicted octanol–water partition coefficient (Wildman–Crippen LogP) is 3.06. The molecule has 0 aliphatic rings. The van der Waals surface area contributed by atoms with E-state index in [1.54, 1.807) is 22.6 Å². The van der Waals surface area contributed by atoms with E-state index in [1.807, 2.05) is 6.07 Å². The summed E-state index contributed by atoms with van der Waals surface area (Å²) < 4.78 is 39.4. The van der Waals surface area contributed by atoms with Gasteiger partial charge in [0.2, 0.25) is 0 Å². The Hall–Kier alpha value is -0.970.